The fourth-order valence-electron chi connectivity index (χ4n) is 1.43. The van der Waals surface area contributed by atoms with Gasteiger partial charge >= 0.3 is 0 Å². The summed E-state index contributed by atoms with van der Waals surface area (Å²) in [5.41, 5.74) is 6.52. The Morgan fingerprint density at radius 2 is 2.29 bits per heavy atom. The van der Waals surface area contributed by atoms with Crippen LogP contribution in [0.2, 0.25) is 0 Å². The standard InChI is InChI=1S/C11H18N4O2/c1-3-10(16)7(2)15-11(17)9(12)4-8-5-13-6-14-8/h5-7,9H,3-4,12H2,1-2H3,(H,13,14)(H,15,17)/t7?,9-/m0/s1. The second-order valence-electron chi connectivity index (χ2n) is 3.94. The summed E-state index contributed by atoms with van der Waals surface area (Å²) in [6, 6.07) is -1.16. The smallest absolute Gasteiger partial charge is 0.237 e. The first-order valence-electron chi connectivity index (χ1n) is 5.60. The van der Waals surface area contributed by atoms with Crippen LogP contribution >= 0.6 is 0 Å². The lowest BCUT2D eigenvalue weighted by Gasteiger charge is -2.15. The van der Waals surface area contributed by atoms with Crippen LogP contribution in [0, 0.1) is 0 Å². The van der Waals surface area contributed by atoms with Crippen molar-refractivity contribution in [2.24, 2.45) is 5.73 Å². The predicted molar refractivity (Wildman–Crippen MR) is 63.2 cm³/mol. The molecule has 6 nitrogen and oxygen atoms in total. The highest BCUT2D eigenvalue weighted by Crippen LogP contribution is 1.98. The minimum absolute atomic E-state index is 0.00732. The molecule has 0 saturated carbocycles. The quantitative estimate of drug-likeness (QED) is 0.636. The maximum absolute atomic E-state index is 11.7. The number of aromatic amines is 1. The number of nitrogens with one attached hydrogen (secondary N) is 2. The molecule has 6 heteroatoms. The van der Waals surface area contributed by atoms with Crippen molar-refractivity contribution in [3.05, 3.63) is 18.2 Å². The van der Waals surface area contributed by atoms with E-state index in [1.165, 1.54) is 6.33 Å². The van der Waals surface area contributed by atoms with Crippen LogP contribution in [0.15, 0.2) is 12.5 Å². The largest absolute Gasteiger partial charge is 0.348 e. The number of Topliss-reactive ketones (excluding diaryl/α,β-unsaturated/α-hetero) is 1. The van der Waals surface area contributed by atoms with Gasteiger partial charge in [0.1, 0.15) is 0 Å². The number of hydrogen-bond acceptors (Lipinski definition) is 4. The molecule has 1 rings (SSSR count). The molecule has 94 valence electrons. The van der Waals surface area contributed by atoms with Crippen LogP contribution in [0.1, 0.15) is 26.0 Å². The molecule has 2 atom stereocenters. The van der Waals surface area contributed by atoms with Crippen molar-refractivity contribution in [1.82, 2.24) is 15.3 Å². The third-order valence-corrected chi connectivity index (χ3v) is 2.52. The first kappa shape index (κ1) is 13.4. The van der Waals surface area contributed by atoms with Crippen LogP contribution in [0.5, 0.6) is 0 Å². The van der Waals surface area contributed by atoms with Crippen molar-refractivity contribution in [2.45, 2.75) is 38.8 Å². The minimum atomic E-state index is -0.678. The van der Waals surface area contributed by atoms with E-state index in [0.29, 0.717) is 12.8 Å². The Labute approximate surface area is 100.0 Å². The average molecular weight is 238 g/mol. The van der Waals surface area contributed by atoms with Gasteiger partial charge in [-0.2, -0.15) is 0 Å². The molecule has 0 aromatic carbocycles. The molecule has 1 aromatic rings. The number of H-pyrrole nitrogens is 1. The Hall–Kier alpha value is -1.69. The molecule has 0 fully saturated rings. The van der Waals surface area contributed by atoms with E-state index in [4.69, 9.17) is 5.73 Å². The van der Waals surface area contributed by atoms with Gasteiger partial charge in [0.15, 0.2) is 5.78 Å². The Bertz CT molecular complexity index is 375. The molecule has 0 saturated heterocycles. The van der Waals surface area contributed by atoms with Gasteiger partial charge in [0, 0.05) is 24.7 Å². The molecule has 0 aliphatic heterocycles. The summed E-state index contributed by atoms with van der Waals surface area (Å²) < 4.78 is 0. The van der Waals surface area contributed by atoms with Crippen molar-refractivity contribution in [1.29, 1.82) is 0 Å². The second kappa shape index (κ2) is 6.15. The lowest BCUT2D eigenvalue weighted by atomic mass is 10.1. The molecule has 1 aromatic heterocycles. The van der Waals surface area contributed by atoms with Gasteiger partial charge in [-0.05, 0) is 6.92 Å². The van der Waals surface area contributed by atoms with Crippen LogP contribution in [-0.4, -0.2) is 33.7 Å². The molecule has 0 spiro atoms. The first-order chi connectivity index (χ1) is 8.04. The van der Waals surface area contributed by atoms with Gasteiger partial charge in [-0.15, -0.1) is 0 Å². The average Bonchev–Trinajstić information content (AvgIpc) is 2.80. The molecule has 0 bridgehead atoms. The molecule has 0 aliphatic rings. The van der Waals surface area contributed by atoms with E-state index < -0.39 is 12.1 Å². The summed E-state index contributed by atoms with van der Waals surface area (Å²) in [5.74, 6) is -0.332. The number of carbonyl (C=O) groups excluding carboxylic acids is 2. The fraction of sp³-hybridized carbons (Fsp3) is 0.545. The van der Waals surface area contributed by atoms with Gasteiger partial charge in [-0.3, -0.25) is 9.59 Å². The number of hydrogen-bond donors (Lipinski definition) is 3. The maximum atomic E-state index is 11.7. The summed E-state index contributed by atoms with van der Waals surface area (Å²) in [6.07, 6.45) is 3.92. The van der Waals surface area contributed by atoms with E-state index in [9.17, 15) is 9.59 Å². The van der Waals surface area contributed by atoms with Gasteiger partial charge in [0.05, 0.1) is 18.4 Å². The fourth-order valence-corrected chi connectivity index (χ4v) is 1.43. The number of nitrogens with zero attached hydrogens (tertiary/aromatic N) is 1. The molecule has 0 radical (unpaired) electrons. The van der Waals surface area contributed by atoms with E-state index in [0.717, 1.165) is 5.69 Å². The van der Waals surface area contributed by atoms with Crippen molar-refractivity contribution in [3.8, 4) is 0 Å². The molecular weight excluding hydrogens is 220 g/mol. The van der Waals surface area contributed by atoms with Gasteiger partial charge in [0.25, 0.3) is 0 Å². The van der Waals surface area contributed by atoms with Crippen LogP contribution in [0.3, 0.4) is 0 Å². The van der Waals surface area contributed by atoms with Crippen LogP contribution in [0.4, 0.5) is 0 Å². The highest BCUT2D eigenvalue weighted by Gasteiger charge is 2.19. The molecule has 1 heterocycles. The Kier molecular flexibility index (Phi) is 4.84. The van der Waals surface area contributed by atoms with Gasteiger partial charge in [-0.25, -0.2) is 4.98 Å². The second-order valence-corrected chi connectivity index (χ2v) is 3.94. The van der Waals surface area contributed by atoms with E-state index in [2.05, 4.69) is 15.3 Å². The Morgan fingerprint density at radius 3 is 2.82 bits per heavy atom. The zero-order chi connectivity index (χ0) is 12.8. The summed E-state index contributed by atoms with van der Waals surface area (Å²) >= 11 is 0. The van der Waals surface area contributed by atoms with E-state index in [1.54, 1.807) is 20.0 Å². The van der Waals surface area contributed by atoms with Gasteiger partial charge in [-0.1, -0.05) is 6.92 Å². The maximum Gasteiger partial charge on any atom is 0.237 e. The summed E-state index contributed by atoms with van der Waals surface area (Å²) in [7, 11) is 0. The van der Waals surface area contributed by atoms with E-state index in [-0.39, 0.29) is 11.7 Å². The van der Waals surface area contributed by atoms with Gasteiger partial charge < -0.3 is 16.0 Å². The lowest BCUT2D eigenvalue weighted by Crippen LogP contribution is -2.47. The van der Waals surface area contributed by atoms with Crippen molar-refractivity contribution < 1.29 is 9.59 Å². The number of nitrogens with two attached hydrogens (primary N) is 1. The van der Waals surface area contributed by atoms with Crippen LogP contribution < -0.4 is 11.1 Å². The van der Waals surface area contributed by atoms with Crippen molar-refractivity contribution in [2.75, 3.05) is 0 Å². The predicted octanol–water partition coefficient (Wildman–Crippen LogP) is -0.237. The molecule has 0 aliphatic carbocycles. The molecule has 1 unspecified atom stereocenters. The highest BCUT2D eigenvalue weighted by atomic mass is 16.2. The third kappa shape index (κ3) is 3.99. The van der Waals surface area contributed by atoms with Crippen LogP contribution in [0.25, 0.3) is 0 Å². The number of ketones is 1. The number of amides is 1. The number of imidazole rings is 1. The number of carbonyl (C=O) groups is 2. The highest BCUT2D eigenvalue weighted by molar-refractivity contribution is 5.90. The summed E-state index contributed by atoms with van der Waals surface area (Å²) in [6.45, 7) is 3.42. The zero-order valence-electron chi connectivity index (χ0n) is 10.1. The summed E-state index contributed by atoms with van der Waals surface area (Å²) in [5, 5.41) is 2.60. The number of aromatic nitrogens is 2. The van der Waals surface area contributed by atoms with E-state index >= 15 is 0 Å². The molecule has 4 N–H and O–H groups in total. The normalized spacial score (nSPS) is 14.1. The third-order valence-electron chi connectivity index (χ3n) is 2.52. The topological polar surface area (TPSA) is 101 Å². The lowest BCUT2D eigenvalue weighted by molar-refractivity contribution is -0.128. The SMILES string of the molecule is CCC(=O)C(C)NC(=O)[C@@H](N)Cc1cnc[nH]1. The number of rotatable bonds is 6. The zero-order valence-corrected chi connectivity index (χ0v) is 10.1. The Morgan fingerprint density at radius 1 is 1.59 bits per heavy atom. The Balaban J connectivity index is 2.44. The first-order valence-corrected chi connectivity index (χ1v) is 5.60. The minimum Gasteiger partial charge on any atom is -0.348 e. The van der Waals surface area contributed by atoms with Crippen LogP contribution in [-0.2, 0) is 16.0 Å². The van der Waals surface area contributed by atoms with E-state index in [1.807, 2.05) is 0 Å². The van der Waals surface area contributed by atoms with Gasteiger partial charge in [0.2, 0.25) is 5.91 Å². The van der Waals surface area contributed by atoms with Crippen molar-refractivity contribution in [3.63, 3.8) is 0 Å². The molecule has 1 amide bonds. The monoisotopic (exact) mass is 238 g/mol. The molecular formula is C11H18N4O2. The molecule has 17 heavy (non-hydrogen) atoms. The van der Waals surface area contributed by atoms with Crippen molar-refractivity contribution >= 4 is 11.7 Å². The summed E-state index contributed by atoms with van der Waals surface area (Å²) in [4.78, 5) is 29.7.